The molecule has 0 amide bonds. The number of nitrogens with zero attached hydrogens (tertiary/aromatic N) is 1. The van der Waals surface area contributed by atoms with E-state index < -0.39 is 5.97 Å². The van der Waals surface area contributed by atoms with Gasteiger partial charge in [-0.2, -0.15) is 0 Å². The van der Waals surface area contributed by atoms with Gasteiger partial charge in [-0.15, -0.1) is 0 Å². The number of pyridine rings is 1. The molecule has 0 saturated heterocycles. The van der Waals surface area contributed by atoms with Crippen LogP contribution in [0.5, 0.6) is 0 Å². The van der Waals surface area contributed by atoms with Crippen molar-refractivity contribution in [2.24, 2.45) is 0 Å². The fraction of sp³-hybridized carbons (Fsp3) is 0.375. The molecule has 1 aromatic carbocycles. The first-order valence-corrected chi connectivity index (χ1v) is 6.58. The molecule has 0 fully saturated rings. The first-order chi connectivity index (χ1) is 8.91. The summed E-state index contributed by atoms with van der Waals surface area (Å²) < 4.78 is 0. The molecule has 0 spiro atoms. The second kappa shape index (κ2) is 5.00. The molecule has 0 unspecified atom stereocenters. The minimum absolute atomic E-state index is 0.211. The van der Waals surface area contributed by atoms with Crippen LogP contribution in [0.15, 0.2) is 24.3 Å². The van der Waals surface area contributed by atoms with Crippen molar-refractivity contribution < 1.29 is 9.90 Å². The smallest absolute Gasteiger partial charge is 0.336 e. The Hall–Kier alpha value is -1.90. The van der Waals surface area contributed by atoms with Crippen LogP contribution in [0.2, 0.25) is 0 Å². The Morgan fingerprint density at radius 1 is 1.16 bits per heavy atom. The molecule has 1 N–H and O–H groups in total. The lowest BCUT2D eigenvalue weighted by Gasteiger charge is -2.14. The van der Waals surface area contributed by atoms with Crippen LogP contribution < -0.4 is 0 Å². The number of hydrogen-bond donors (Lipinski definition) is 1. The lowest BCUT2D eigenvalue weighted by atomic mass is 9.96. The maximum Gasteiger partial charge on any atom is 0.336 e. The molecule has 19 heavy (non-hydrogen) atoms. The van der Waals surface area contributed by atoms with Crippen molar-refractivity contribution in [3.8, 4) is 0 Å². The number of carboxylic acids is 1. The molecule has 3 nitrogen and oxygen atoms in total. The third-order valence-electron chi connectivity index (χ3n) is 3.33. The highest BCUT2D eigenvalue weighted by Gasteiger charge is 2.16. The number of carbonyl (C=O) groups is 1. The summed E-state index contributed by atoms with van der Waals surface area (Å²) in [7, 11) is 0. The van der Waals surface area contributed by atoms with Crippen molar-refractivity contribution in [3.05, 3.63) is 41.1 Å². The molecule has 1 heterocycles. The van der Waals surface area contributed by atoms with E-state index in [1.165, 1.54) is 0 Å². The molecule has 0 aliphatic rings. The summed E-state index contributed by atoms with van der Waals surface area (Å²) in [4.78, 5) is 16.1. The van der Waals surface area contributed by atoms with Crippen molar-refractivity contribution in [3.63, 3.8) is 0 Å². The van der Waals surface area contributed by atoms with Crippen LogP contribution in [0.1, 0.15) is 61.1 Å². The van der Waals surface area contributed by atoms with Crippen molar-refractivity contribution in [2.75, 3.05) is 0 Å². The van der Waals surface area contributed by atoms with Gasteiger partial charge in [-0.3, -0.25) is 4.98 Å². The van der Waals surface area contributed by atoms with Gasteiger partial charge < -0.3 is 5.11 Å². The van der Waals surface area contributed by atoms with Crippen LogP contribution in [0.4, 0.5) is 0 Å². The average molecular weight is 257 g/mol. The second-order valence-electron chi connectivity index (χ2n) is 5.45. The maximum atomic E-state index is 11.4. The van der Waals surface area contributed by atoms with E-state index in [-0.39, 0.29) is 5.92 Å². The third kappa shape index (κ3) is 2.46. The van der Waals surface area contributed by atoms with Gasteiger partial charge >= 0.3 is 5.97 Å². The van der Waals surface area contributed by atoms with E-state index in [1.807, 2.05) is 32.0 Å². The summed E-state index contributed by atoms with van der Waals surface area (Å²) in [6, 6.07) is 7.46. The van der Waals surface area contributed by atoms with E-state index in [9.17, 15) is 9.90 Å². The average Bonchev–Trinajstić information content (AvgIpc) is 2.36. The topological polar surface area (TPSA) is 50.2 Å². The first-order valence-electron chi connectivity index (χ1n) is 6.58. The number of rotatable bonds is 3. The number of benzene rings is 1. The van der Waals surface area contributed by atoms with Gasteiger partial charge in [-0.1, -0.05) is 45.9 Å². The lowest BCUT2D eigenvalue weighted by molar-refractivity contribution is 0.0699. The van der Waals surface area contributed by atoms with E-state index in [0.29, 0.717) is 11.5 Å². The predicted octanol–water partition coefficient (Wildman–Crippen LogP) is 4.18. The minimum atomic E-state index is -0.893. The van der Waals surface area contributed by atoms with Crippen LogP contribution in [0.3, 0.4) is 0 Å². The Morgan fingerprint density at radius 3 is 2.37 bits per heavy atom. The number of hydrogen-bond acceptors (Lipinski definition) is 2. The summed E-state index contributed by atoms with van der Waals surface area (Å²) in [6.07, 6.45) is 0. The minimum Gasteiger partial charge on any atom is -0.478 e. The van der Waals surface area contributed by atoms with Gasteiger partial charge in [0.1, 0.15) is 0 Å². The Labute approximate surface area is 113 Å². The maximum absolute atomic E-state index is 11.4. The SMILES string of the molecule is CC(C)c1cc(C(=O)O)c2cccc(C(C)C)c2n1. The van der Waals surface area contributed by atoms with Crippen molar-refractivity contribution in [1.82, 2.24) is 4.98 Å². The highest BCUT2D eigenvalue weighted by Crippen LogP contribution is 2.28. The second-order valence-corrected chi connectivity index (χ2v) is 5.45. The van der Waals surface area contributed by atoms with E-state index in [4.69, 9.17) is 0 Å². The number of aromatic nitrogens is 1. The summed E-state index contributed by atoms with van der Waals surface area (Å²) in [5.74, 6) is -0.363. The molecule has 2 rings (SSSR count). The molecule has 0 bridgehead atoms. The van der Waals surface area contributed by atoms with Crippen LogP contribution >= 0.6 is 0 Å². The Balaban J connectivity index is 2.87. The molecule has 3 heteroatoms. The molecule has 0 aliphatic carbocycles. The van der Waals surface area contributed by atoms with E-state index in [0.717, 1.165) is 22.2 Å². The van der Waals surface area contributed by atoms with E-state index in [1.54, 1.807) is 6.07 Å². The van der Waals surface area contributed by atoms with Gasteiger partial charge in [-0.25, -0.2) is 4.79 Å². The summed E-state index contributed by atoms with van der Waals surface area (Å²) in [6.45, 7) is 8.24. The fourth-order valence-corrected chi connectivity index (χ4v) is 2.23. The van der Waals surface area contributed by atoms with Crippen LogP contribution in [0, 0.1) is 0 Å². The first kappa shape index (κ1) is 13.5. The zero-order chi connectivity index (χ0) is 14.2. The highest BCUT2D eigenvalue weighted by molar-refractivity contribution is 6.03. The van der Waals surface area contributed by atoms with Crippen molar-refractivity contribution in [1.29, 1.82) is 0 Å². The molecular weight excluding hydrogens is 238 g/mol. The van der Waals surface area contributed by atoms with E-state index >= 15 is 0 Å². The van der Waals surface area contributed by atoms with Gasteiger partial charge in [0, 0.05) is 11.1 Å². The normalized spacial score (nSPS) is 11.5. The fourth-order valence-electron chi connectivity index (χ4n) is 2.23. The van der Waals surface area contributed by atoms with Gasteiger partial charge in [0.25, 0.3) is 0 Å². The molecule has 2 aromatic rings. The van der Waals surface area contributed by atoms with Gasteiger partial charge in [0.05, 0.1) is 11.1 Å². The molecule has 1 aromatic heterocycles. The zero-order valence-corrected chi connectivity index (χ0v) is 11.8. The van der Waals surface area contributed by atoms with Gasteiger partial charge in [-0.05, 0) is 23.5 Å². The molecule has 0 saturated carbocycles. The summed E-state index contributed by atoms with van der Waals surface area (Å²) in [5.41, 5.74) is 3.10. The van der Waals surface area contributed by atoms with Gasteiger partial charge in [0.15, 0.2) is 0 Å². The molecule has 0 atom stereocenters. The summed E-state index contributed by atoms with van der Waals surface area (Å²) >= 11 is 0. The summed E-state index contributed by atoms with van der Waals surface area (Å²) in [5, 5.41) is 10.1. The monoisotopic (exact) mass is 257 g/mol. The number of carboxylic acid groups (broad SMARTS) is 1. The zero-order valence-electron chi connectivity index (χ0n) is 11.8. The van der Waals surface area contributed by atoms with Crippen LogP contribution in [-0.4, -0.2) is 16.1 Å². The van der Waals surface area contributed by atoms with Gasteiger partial charge in [0.2, 0.25) is 0 Å². The largest absolute Gasteiger partial charge is 0.478 e. The van der Waals surface area contributed by atoms with Crippen molar-refractivity contribution >= 4 is 16.9 Å². The van der Waals surface area contributed by atoms with E-state index in [2.05, 4.69) is 18.8 Å². The highest BCUT2D eigenvalue weighted by atomic mass is 16.4. The number of aromatic carboxylic acids is 1. The third-order valence-corrected chi connectivity index (χ3v) is 3.33. The molecule has 0 radical (unpaired) electrons. The predicted molar refractivity (Wildman–Crippen MR) is 76.9 cm³/mol. The quantitative estimate of drug-likeness (QED) is 0.897. The Kier molecular flexibility index (Phi) is 3.56. The molecule has 0 aliphatic heterocycles. The number of fused-ring (bicyclic) bond motifs is 1. The lowest BCUT2D eigenvalue weighted by Crippen LogP contribution is -2.05. The molecule has 100 valence electrons. The Morgan fingerprint density at radius 2 is 1.84 bits per heavy atom. The standard InChI is InChI=1S/C16H19NO2/c1-9(2)11-6-5-7-12-13(16(18)19)8-14(10(3)4)17-15(11)12/h5-10H,1-4H3,(H,18,19). The molecular formula is C16H19NO2. The van der Waals surface area contributed by atoms with Crippen LogP contribution in [0.25, 0.3) is 10.9 Å². The van der Waals surface area contributed by atoms with Crippen molar-refractivity contribution in [2.45, 2.75) is 39.5 Å². The van der Waals surface area contributed by atoms with Crippen LogP contribution in [-0.2, 0) is 0 Å². The number of para-hydroxylation sites is 1. The Bertz CT molecular complexity index is 630.